The standard InChI is InChI=1S/C32H45N3O7.C25H29ClN2O6/c1-9-13-34-28-23-14-18(2)15-27(41-8)29(37)20(4)16-21(5)31(42-22(6)33)26(40-7)12-10-11-19(3)32(39)35-24(30(23)38)17-25(28)36;1-15-11-17-12-16(17)5-2-3-6-18(27-33-10-9-28-8-4-7-22(28)31)13-19-23(25(32)34-15)20(29)14-21(30)24(19)26/h9-12,16-18,20,26-27,29,31,34,37H,1,6,13-15,33H2,2-5,7-8H3,(H,35,39);2-3,5-6,14-17,29-30H,4,7-13H2,1H3/b12-10-,19-11+,21-16+;5-2-,6-3+,27-18-/t18-,20+,26+,27+,29-,31+;15-,16-,17-/m11/s1. The Hall–Kier alpha value is -6.73. The van der Waals surface area contributed by atoms with E-state index in [9.17, 15) is 39.3 Å². The van der Waals surface area contributed by atoms with E-state index in [0.717, 1.165) is 37.0 Å². The summed E-state index contributed by atoms with van der Waals surface area (Å²) >= 11 is 6.35. The maximum atomic E-state index is 13.6. The molecule has 5 aliphatic rings. The minimum absolute atomic E-state index is 0.000604. The van der Waals surface area contributed by atoms with Crippen molar-refractivity contribution in [2.45, 2.75) is 110 Å². The molecule has 1 aromatic rings. The lowest BCUT2D eigenvalue weighted by molar-refractivity contribution is -0.128. The minimum Gasteiger partial charge on any atom is -0.507 e. The Balaban J connectivity index is 0.000000286. The van der Waals surface area contributed by atoms with Crippen LogP contribution in [0.3, 0.4) is 0 Å². The number of nitrogens with zero attached hydrogens (tertiary/aromatic N) is 2. The molecule has 0 radical (unpaired) electrons. The van der Waals surface area contributed by atoms with Crippen molar-refractivity contribution in [1.29, 1.82) is 0 Å². The number of nitrogens with two attached hydrogens (primary N) is 1. The Morgan fingerprint density at radius 3 is 2.46 bits per heavy atom. The second kappa shape index (κ2) is 28.4. The van der Waals surface area contributed by atoms with Crippen LogP contribution in [0.4, 0.5) is 0 Å². The number of oxime groups is 1. The lowest BCUT2D eigenvalue weighted by Gasteiger charge is -2.30. The number of ketones is 2. The van der Waals surface area contributed by atoms with E-state index in [4.69, 9.17) is 41.1 Å². The summed E-state index contributed by atoms with van der Waals surface area (Å²) in [5, 5.41) is 41.6. The number of Topliss-reactive ketones (excluding diaryl/α,β-unsaturated/α-hetero) is 1. The molecule has 3 heterocycles. The molecule has 7 N–H and O–H groups in total. The van der Waals surface area contributed by atoms with Crippen molar-refractivity contribution in [2.75, 3.05) is 40.5 Å². The number of carbonyl (C=O) groups is 5. The molecule has 0 spiro atoms. The van der Waals surface area contributed by atoms with E-state index in [1.807, 2.05) is 45.9 Å². The highest BCUT2D eigenvalue weighted by Crippen LogP contribution is 2.44. The first-order valence-electron chi connectivity index (χ1n) is 25.5. The van der Waals surface area contributed by atoms with E-state index in [-0.39, 0.29) is 94.6 Å². The number of hydrogen-bond acceptors (Lipinski definition) is 16. The molecular weight excluding hydrogens is 998 g/mol. The van der Waals surface area contributed by atoms with Gasteiger partial charge in [-0.1, -0.05) is 79.2 Å². The first-order chi connectivity index (χ1) is 36.2. The van der Waals surface area contributed by atoms with E-state index < -0.39 is 53.6 Å². The molecule has 19 heteroatoms. The second-order valence-electron chi connectivity index (χ2n) is 19.8. The van der Waals surface area contributed by atoms with Crippen LogP contribution < -0.4 is 16.4 Å². The molecule has 2 bridgehead atoms. The van der Waals surface area contributed by atoms with Gasteiger partial charge in [0.2, 0.25) is 17.5 Å². The zero-order valence-corrected chi connectivity index (χ0v) is 45.3. The van der Waals surface area contributed by atoms with Crippen molar-refractivity contribution in [3.63, 3.8) is 0 Å². The summed E-state index contributed by atoms with van der Waals surface area (Å²) in [6.07, 6.45) is 17.8. The molecule has 76 heavy (non-hydrogen) atoms. The van der Waals surface area contributed by atoms with Gasteiger partial charge in [0, 0.05) is 69.4 Å². The number of nitrogens with one attached hydrogen (secondary N) is 2. The number of aliphatic hydroxyl groups is 1. The number of amides is 2. The average molecular weight is 1070 g/mol. The van der Waals surface area contributed by atoms with Crippen LogP contribution in [0.15, 0.2) is 119 Å². The Bertz CT molecular complexity index is 2610. The maximum Gasteiger partial charge on any atom is 0.342 e. The normalized spacial score (nSPS) is 30.0. The summed E-state index contributed by atoms with van der Waals surface area (Å²) in [6.45, 7) is 18.0. The number of allylic oxidation sites excluding steroid dienone is 8. The fraction of sp³-hybridized carbons (Fsp3) is 0.474. The highest BCUT2D eigenvalue weighted by atomic mass is 35.5. The number of esters is 1. The number of ether oxygens (including phenoxy) is 4. The Kier molecular flexibility index (Phi) is 22.5. The van der Waals surface area contributed by atoms with Crippen LogP contribution >= 0.6 is 11.6 Å². The number of phenolic OH excluding ortho intramolecular Hbond substituents is 2. The topological polar surface area (TPSA) is 258 Å². The molecule has 0 unspecified atom stereocenters. The highest BCUT2D eigenvalue weighted by molar-refractivity contribution is 6.33. The van der Waals surface area contributed by atoms with Crippen molar-refractivity contribution in [3.05, 3.63) is 130 Å². The molecule has 1 saturated carbocycles. The number of likely N-dealkylation sites (tertiary alicyclic amines) is 1. The van der Waals surface area contributed by atoms with E-state index >= 15 is 0 Å². The van der Waals surface area contributed by atoms with Gasteiger partial charge in [0.15, 0.2) is 12.0 Å². The number of methoxy groups -OCH3 is 2. The zero-order valence-electron chi connectivity index (χ0n) is 44.5. The Labute approximate surface area is 450 Å². The second-order valence-corrected chi connectivity index (χ2v) is 20.1. The molecule has 0 aromatic heterocycles. The highest BCUT2D eigenvalue weighted by Gasteiger charge is 2.37. The number of carbonyl (C=O) groups excluding carboxylic acids is 5. The summed E-state index contributed by atoms with van der Waals surface area (Å²) in [6, 6.07) is 1.03. The summed E-state index contributed by atoms with van der Waals surface area (Å²) in [5.74, 6) is -2.43. The van der Waals surface area contributed by atoms with Crippen molar-refractivity contribution < 1.29 is 63.1 Å². The zero-order chi connectivity index (χ0) is 55.8. The third kappa shape index (κ3) is 16.6. The van der Waals surface area contributed by atoms with E-state index in [0.29, 0.717) is 49.1 Å². The Morgan fingerprint density at radius 2 is 1.79 bits per heavy atom. The molecule has 2 amide bonds. The number of rotatable bonds is 11. The van der Waals surface area contributed by atoms with E-state index in [1.54, 1.807) is 42.2 Å². The Morgan fingerprint density at radius 1 is 1.04 bits per heavy atom. The smallest absolute Gasteiger partial charge is 0.342 e. The predicted molar refractivity (Wildman–Crippen MR) is 289 cm³/mol. The largest absolute Gasteiger partial charge is 0.507 e. The molecule has 9 atom stereocenters. The van der Waals surface area contributed by atoms with E-state index in [1.165, 1.54) is 14.2 Å². The quantitative estimate of drug-likeness (QED) is 0.0330. The molecule has 412 valence electrons. The monoisotopic (exact) mass is 1070 g/mol. The average Bonchev–Trinajstić information content (AvgIpc) is 3.97. The van der Waals surface area contributed by atoms with Crippen LogP contribution in [0.1, 0.15) is 89.1 Å². The third-order valence-corrected chi connectivity index (χ3v) is 14.0. The number of cyclic esters (lactones) is 1. The fourth-order valence-electron chi connectivity index (χ4n) is 9.46. The van der Waals surface area contributed by atoms with Gasteiger partial charge in [-0.25, -0.2) is 4.79 Å². The van der Waals surface area contributed by atoms with Crippen LogP contribution in [-0.2, 0) is 49.4 Å². The van der Waals surface area contributed by atoms with Gasteiger partial charge in [0.1, 0.15) is 29.8 Å². The lowest BCUT2D eigenvalue weighted by atomic mass is 9.85. The van der Waals surface area contributed by atoms with Crippen LogP contribution in [0.25, 0.3) is 0 Å². The summed E-state index contributed by atoms with van der Waals surface area (Å²) in [4.78, 5) is 71.6. The van der Waals surface area contributed by atoms with Gasteiger partial charge in [-0.05, 0) is 94.4 Å². The van der Waals surface area contributed by atoms with Crippen molar-refractivity contribution in [1.82, 2.24) is 15.5 Å². The number of aromatic hydroxyl groups is 2. The lowest BCUT2D eigenvalue weighted by Crippen LogP contribution is -2.37. The first kappa shape index (κ1) is 60.1. The summed E-state index contributed by atoms with van der Waals surface area (Å²) < 4.78 is 22.8. The predicted octanol–water partition coefficient (Wildman–Crippen LogP) is 6.88. The fourth-order valence-corrected chi connectivity index (χ4v) is 9.67. The minimum atomic E-state index is -0.899. The molecule has 6 rings (SSSR count). The van der Waals surface area contributed by atoms with Gasteiger partial charge in [-0.3, -0.25) is 19.2 Å². The van der Waals surface area contributed by atoms with Crippen molar-refractivity contribution >= 4 is 46.7 Å². The van der Waals surface area contributed by atoms with Gasteiger partial charge in [0.05, 0.1) is 47.0 Å². The van der Waals surface area contributed by atoms with Gasteiger partial charge in [-0.15, -0.1) is 6.58 Å². The third-order valence-electron chi connectivity index (χ3n) is 13.6. The number of halogens is 1. The first-order valence-corrected chi connectivity index (χ1v) is 25.9. The van der Waals surface area contributed by atoms with Crippen molar-refractivity contribution in [2.24, 2.45) is 34.6 Å². The number of benzene rings is 1. The molecule has 1 saturated heterocycles. The van der Waals surface area contributed by atoms with Crippen LogP contribution in [0.2, 0.25) is 5.02 Å². The number of fused-ring (bicyclic) bond motifs is 4. The van der Waals surface area contributed by atoms with Crippen LogP contribution in [-0.4, -0.2) is 126 Å². The summed E-state index contributed by atoms with van der Waals surface area (Å²) in [7, 11) is 3.03. The number of aliphatic hydroxyl groups excluding tert-OH is 1. The number of phenols is 2. The maximum absolute atomic E-state index is 13.6. The number of hydrogen-bond donors (Lipinski definition) is 6. The van der Waals surface area contributed by atoms with Gasteiger partial charge >= 0.3 is 5.97 Å². The van der Waals surface area contributed by atoms with Gasteiger partial charge in [-0.2, -0.15) is 0 Å². The van der Waals surface area contributed by atoms with E-state index in [2.05, 4.69) is 35.0 Å². The van der Waals surface area contributed by atoms with Crippen molar-refractivity contribution in [3.8, 4) is 11.5 Å². The molecule has 2 aliphatic carbocycles. The molecule has 1 aromatic carbocycles. The molecule has 3 aliphatic heterocycles. The molecule has 18 nitrogen and oxygen atoms in total. The van der Waals surface area contributed by atoms with Crippen LogP contribution in [0, 0.1) is 23.7 Å². The molecular formula is C57H74ClN5O13. The molecule has 2 fully saturated rings. The SMILES string of the molecule is C=CCNC1=C2C[C@@H](C)C[C@H](OC)[C@H](O)[C@@H](C)/C=C(\C)[C@H](OC(=C)N)[C@@H](OC)/C=C\C=C(/C)C(=O)NC(=CC1=O)C2=O.C[C@@H]1C[C@@H]2C[C@H]2\C=C/C=C/C(=N/OCCN2CCCC2=O)Cc2c(Cl)c(O)cc(O)c2C(=O)O1. The van der Waals surface area contributed by atoms with Gasteiger partial charge < -0.3 is 60.4 Å². The van der Waals surface area contributed by atoms with Crippen LogP contribution in [0.5, 0.6) is 11.5 Å². The van der Waals surface area contributed by atoms with Gasteiger partial charge in [0.25, 0.3) is 5.91 Å². The summed E-state index contributed by atoms with van der Waals surface area (Å²) in [5.41, 5.74) is 7.67.